The van der Waals surface area contributed by atoms with E-state index in [2.05, 4.69) is 13.0 Å². The van der Waals surface area contributed by atoms with Crippen LogP contribution in [0.25, 0.3) is 0 Å². The van der Waals surface area contributed by atoms with Crippen molar-refractivity contribution in [2.45, 2.75) is 188 Å². The van der Waals surface area contributed by atoms with Crippen molar-refractivity contribution < 1.29 is 57.1 Å². The number of cyclic esters (lactones) is 1. The number of rotatable bonds is 11. The molecule has 3 aliphatic heterocycles. The van der Waals surface area contributed by atoms with Gasteiger partial charge in [-0.05, 0) is 114 Å². The van der Waals surface area contributed by atoms with E-state index in [1.807, 2.05) is 78.8 Å². The predicted octanol–water partition coefficient (Wildman–Crippen LogP) is 8.95. The summed E-state index contributed by atoms with van der Waals surface area (Å²) in [5.74, 6) is -2.88. The van der Waals surface area contributed by atoms with Crippen LogP contribution in [0.3, 0.4) is 0 Å². The largest absolute Gasteiger partial charge is 0.460 e. The number of hydrogen-bond acceptors (Lipinski definition) is 12. The summed E-state index contributed by atoms with van der Waals surface area (Å²) >= 11 is 0. The quantitative estimate of drug-likeness (QED) is 0.0841. The third kappa shape index (κ3) is 17.2. The maximum absolute atomic E-state index is 14.5. The van der Waals surface area contributed by atoms with E-state index in [4.69, 9.17) is 33.2 Å². The zero-order valence-electron chi connectivity index (χ0n) is 43.4. The van der Waals surface area contributed by atoms with Crippen molar-refractivity contribution in [2.75, 3.05) is 47.7 Å². The Morgan fingerprint density at radius 1 is 0.794 bits per heavy atom. The number of esters is 1. The van der Waals surface area contributed by atoms with Crippen LogP contribution >= 0.6 is 0 Å². The minimum Gasteiger partial charge on any atom is -0.460 e. The topological polar surface area (TPSA) is 153 Å². The van der Waals surface area contributed by atoms with Crippen LogP contribution in [0.5, 0.6) is 0 Å². The van der Waals surface area contributed by atoms with Gasteiger partial charge in [0.2, 0.25) is 5.78 Å². The van der Waals surface area contributed by atoms with Crippen LogP contribution in [0.4, 0.5) is 0 Å². The van der Waals surface area contributed by atoms with Crippen LogP contribution in [-0.2, 0) is 57.1 Å². The zero-order chi connectivity index (χ0) is 49.9. The van der Waals surface area contributed by atoms with E-state index in [0.717, 1.165) is 36.8 Å². The normalized spacial score (nSPS) is 37.0. The molecule has 0 aromatic rings. The first-order valence-corrected chi connectivity index (χ1v) is 25.7. The number of methoxy groups -OCH3 is 3. The first-order valence-electron chi connectivity index (χ1n) is 25.7. The second-order valence-corrected chi connectivity index (χ2v) is 20.4. The molecule has 2 saturated heterocycles. The standard InChI is InChI=1S/C55H87NO12/c1-12-65-26-27-66-46-24-22-42(32-49(46)63-10)31-40(7)48-34-45(57)39(6)29-36(3)30-50(64-11)51(58)41(8)28-35(2)18-14-13-15-19-37(4)47(62-9)33-43-23-21-38(5)53(67-43)52(59)54(60)56-25-17-16-20-44(56)55(61)68-48/h13-15,18-19,29,35,38-44,46-50,53H,12,16-17,20-28,30-34H2,1-11H3/b15-13+,18-14+,36-29+,37-19+/t35-,38-,39+,40-,41-,42-,43+,44+,46+,47-,48?,49+,50+,53?/m0/s1. The molecule has 1 amide bonds. The molecule has 0 aromatic carbocycles. The minimum atomic E-state index is -0.972. The number of ether oxygens (including phenoxy) is 7. The Bertz CT molecular complexity index is 1750. The summed E-state index contributed by atoms with van der Waals surface area (Å²) in [6, 6.07) is -0.972. The molecule has 0 N–H and O–H groups in total. The van der Waals surface area contributed by atoms with Gasteiger partial charge in [-0.2, -0.15) is 0 Å². The van der Waals surface area contributed by atoms with Crippen molar-refractivity contribution in [3.8, 4) is 0 Å². The molecule has 3 heterocycles. The van der Waals surface area contributed by atoms with Crippen molar-refractivity contribution in [1.82, 2.24) is 4.90 Å². The average molecular weight is 954 g/mol. The molecule has 13 nitrogen and oxygen atoms in total. The van der Waals surface area contributed by atoms with Crippen molar-refractivity contribution in [2.24, 2.45) is 35.5 Å². The molecule has 0 aromatic heterocycles. The molecule has 3 fully saturated rings. The number of piperidine rings is 1. The highest BCUT2D eigenvalue weighted by molar-refractivity contribution is 6.38. The van der Waals surface area contributed by atoms with Crippen LogP contribution in [0, 0.1) is 35.5 Å². The summed E-state index contributed by atoms with van der Waals surface area (Å²) in [6.07, 6.45) is 16.5. The van der Waals surface area contributed by atoms with Gasteiger partial charge in [-0.3, -0.25) is 19.2 Å². The van der Waals surface area contributed by atoms with E-state index in [1.54, 1.807) is 21.3 Å². The van der Waals surface area contributed by atoms with Crippen LogP contribution in [0.1, 0.15) is 139 Å². The lowest BCUT2D eigenvalue weighted by Gasteiger charge is -2.39. The molecular weight excluding hydrogens is 867 g/mol. The van der Waals surface area contributed by atoms with Gasteiger partial charge in [0.05, 0.1) is 37.6 Å². The number of allylic oxidation sites excluding steroid dienone is 6. The Balaban J connectivity index is 1.64. The van der Waals surface area contributed by atoms with Crippen molar-refractivity contribution >= 4 is 29.2 Å². The SMILES string of the molecule is CCOCCO[C@@H]1CC[C@@H](C[C@H](C)C2CC(=O)[C@H](C)/C=C(\C)C[C@@H](OC)C(=O)[C@@H](C)C[C@@H](C)/C=C/C=C/C=C(\C)[C@@H](OC)C[C@H]3CC[C@H](C)C(O3)C(=O)C(=O)N3CCCC[C@@H]3C(=O)O2)C[C@H]1OC. The maximum Gasteiger partial charge on any atom is 0.329 e. The van der Waals surface area contributed by atoms with E-state index < -0.39 is 47.9 Å². The zero-order valence-corrected chi connectivity index (χ0v) is 43.4. The molecule has 14 atom stereocenters. The molecule has 4 rings (SSSR count). The number of nitrogens with zero attached hydrogens (tertiary/aromatic N) is 1. The predicted molar refractivity (Wildman–Crippen MR) is 263 cm³/mol. The van der Waals surface area contributed by atoms with Gasteiger partial charge in [-0.25, -0.2) is 4.79 Å². The number of fused-ring (bicyclic) bond motifs is 3. The lowest BCUT2D eigenvalue weighted by atomic mass is 9.78. The smallest absolute Gasteiger partial charge is 0.329 e. The average Bonchev–Trinajstić information content (AvgIpc) is 3.32. The fraction of sp³-hybridized carbons (Fsp3) is 0.764. The molecule has 1 aliphatic carbocycles. The Kier molecular flexibility index (Phi) is 24.5. The first kappa shape index (κ1) is 57.3. The number of carbonyl (C=O) groups is 5. The summed E-state index contributed by atoms with van der Waals surface area (Å²) in [4.78, 5) is 72.3. The minimum absolute atomic E-state index is 0.0189. The fourth-order valence-electron chi connectivity index (χ4n) is 10.7. The summed E-state index contributed by atoms with van der Waals surface area (Å²) in [6.45, 7) is 17.6. The van der Waals surface area contributed by atoms with Crippen LogP contribution in [0.15, 0.2) is 47.6 Å². The van der Waals surface area contributed by atoms with E-state index in [1.165, 1.54) is 4.90 Å². The van der Waals surface area contributed by atoms with E-state index >= 15 is 0 Å². The number of Topliss-reactive ketones (excluding diaryl/α,β-unsaturated/α-hetero) is 3. The van der Waals surface area contributed by atoms with Crippen molar-refractivity contribution in [1.29, 1.82) is 0 Å². The molecule has 2 bridgehead atoms. The highest BCUT2D eigenvalue weighted by Crippen LogP contribution is 2.36. The van der Waals surface area contributed by atoms with E-state index in [-0.39, 0.29) is 78.5 Å². The van der Waals surface area contributed by atoms with Crippen LogP contribution in [0.2, 0.25) is 0 Å². The maximum atomic E-state index is 14.5. The van der Waals surface area contributed by atoms with Gasteiger partial charge >= 0.3 is 5.97 Å². The van der Waals surface area contributed by atoms with Gasteiger partial charge in [0, 0.05) is 65.6 Å². The van der Waals surface area contributed by atoms with Crippen molar-refractivity contribution in [3.63, 3.8) is 0 Å². The first-order chi connectivity index (χ1) is 32.5. The van der Waals surface area contributed by atoms with Crippen LogP contribution < -0.4 is 0 Å². The Labute approximate surface area is 408 Å². The van der Waals surface area contributed by atoms with Gasteiger partial charge in [-0.1, -0.05) is 76.6 Å². The lowest BCUT2D eigenvalue weighted by Crippen LogP contribution is -2.55. The monoisotopic (exact) mass is 954 g/mol. The number of hydrogen-bond donors (Lipinski definition) is 0. The van der Waals surface area contributed by atoms with Crippen LogP contribution in [-0.4, -0.2) is 131 Å². The van der Waals surface area contributed by atoms with Gasteiger partial charge in [-0.15, -0.1) is 0 Å². The van der Waals surface area contributed by atoms with E-state index in [0.29, 0.717) is 71.2 Å². The van der Waals surface area contributed by atoms with Crippen molar-refractivity contribution in [3.05, 3.63) is 47.6 Å². The molecular formula is C55H87NO12. The highest BCUT2D eigenvalue weighted by Gasteiger charge is 2.44. The molecule has 68 heavy (non-hydrogen) atoms. The molecule has 0 radical (unpaired) electrons. The Hall–Kier alpha value is -3.33. The van der Waals surface area contributed by atoms with Gasteiger partial charge in [0.25, 0.3) is 5.91 Å². The highest BCUT2D eigenvalue weighted by atomic mass is 16.6. The third-order valence-electron chi connectivity index (χ3n) is 14.9. The van der Waals surface area contributed by atoms with Gasteiger partial charge < -0.3 is 38.1 Å². The second kappa shape index (κ2) is 29.1. The molecule has 384 valence electrons. The van der Waals surface area contributed by atoms with Gasteiger partial charge in [0.15, 0.2) is 5.78 Å². The summed E-state index contributed by atoms with van der Waals surface area (Å²) in [5, 5.41) is 0. The second-order valence-electron chi connectivity index (χ2n) is 20.4. The Morgan fingerprint density at radius 2 is 1.54 bits per heavy atom. The summed E-state index contributed by atoms with van der Waals surface area (Å²) < 4.78 is 42.1. The number of ketones is 3. The fourth-order valence-corrected chi connectivity index (χ4v) is 10.7. The number of carbonyl (C=O) groups excluding carboxylic acids is 5. The number of amides is 1. The molecule has 4 aliphatic rings. The Morgan fingerprint density at radius 3 is 2.25 bits per heavy atom. The van der Waals surface area contributed by atoms with Gasteiger partial charge in [0.1, 0.15) is 30.1 Å². The third-order valence-corrected chi connectivity index (χ3v) is 14.9. The van der Waals surface area contributed by atoms with E-state index in [9.17, 15) is 24.0 Å². The summed E-state index contributed by atoms with van der Waals surface area (Å²) in [5.41, 5.74) is 1.85. The molecule has 2 unspecified atom stereocenters. The molecule has 0 spiro atoms. The summed E-state index contributed by atoms with van der Waals surface area (Å²) in [7, 11) is 4.91. The molecule has 13 heteroatoms. The lowest BCUT2D eigenvalue weighted by molar-refractivity contribution is -0.170. The molecule has 1 saturated carbocycles.